The molecule has 6 nitrogen and oxygen atoms in total. The van der Waals surface area contributed by atoms with Gasteiger partial charge in [0.2, 0.25) is 0 Å². The van der Waals surface area contributed by atoms with Crippen molar-refractivity contribution in [3.63, 3.8) is 0 Å². The van der Waals surface area contributed by atoms with E-state index in [1.54, 1.807) is 23.7 Å². The maximum Gasteiger partial charge on any atom is 0.416 e. The summed E-state index contributed by atoms with van der Waals surface area (Å²) in [7, 11) is 0. The lowest BCUT2D eigenvalue weighted by Gasteiger charge is -2.28. The summed E-state index contributed by atoms with van der Waals surface area (Å²) >= 11 is 1.27. The van der Waals surface area contributed by atoms with Crippen LogP contribution in [0.1, 0.15) is 5.56 Å². The number of pyridine rings is 1. The van der Waals surface area contributed by atoms with Crippen LogP contribution in [0.3, 0.4) is 0 Å². The molecule has 4 rings (SSSR count). The highest BCUT2D eigenvalue weighted by atomic mass is 32.1. The molecular formula is C18H13F3N4O2S. The minimum atomic E-state index is -4.45. The molecule has 2 aromatic heterocycles. The quantitative estimate of drug-likeness (QED) is 0.673. The number of thiazole rings is 1. The monoisotopic (exact) mass is 406 g/mol. The lowest BCUT2D eigenvalue weighted by molar-refractivity contribution is -0.137. The second kappa shape index (κ2) is 7.12. The van der Waals surface area contributed by atoms with E-state index in [2.05, 4.69) is 15.3 Å². The van der Waals surface area contributed by atoms with Crippen LogP contribution in [0, 0.1) is 0 Å². The molecule has 144 valence electrons. The number of nitrogens with one attached hydrogen (secondary N) is 1. The Balaban J connectivity index is 1.67. The number of amides is 2. The van der Waals surface area contributed by atoms with Gasteiger partial charge >= 0.3 is 12.2 Å². The molecule has 1 aromatic carbocycles. The molecule has 1 aliphatic rings. The van der Waals surface area contributed by atoms with Crippen molar-refractivity contribution in [1.29, 1.82) is 0 Å². The van der Waals surface area contributed by atoms with Crippen LogP contribution in [0.5, 0.6) is 5.75 Å². The van der Waals surface area contributed by atoms with Crippen LogP contribution >= 0.6 is 11.3 Å². The van der Waals surface area contributed by atoms with E-state index in [4.69, 9.17) is 4.74 Å². The number of anilines is 2. The van der Waals surface area contributed by atoms with Crippen LogP contribution in [0.4, 0.5) is 28.9 Å². The third kappa shape index (κ3) is 3.63. The van der Waals surface area contributed by atoms with Gasteiger partial charge in [-0.1, -0.05) is 12.1 Å². The van der Waals surface area contributed by atoms with Gasteiger partial charge in [-0.15, -0.1) is 11.3 Å². The number of halogens is 3. The molecule has 0 saturated carbocycles. The predicted octanol–water partition coefficient (Wildman–Crippen LogP) is 4.65. The summed E-state index contributed by atoms with van der Waals surface area (Å²) in [6.45, 7) is 0.534. The number of carbonyl (C=O) groups is 1. The number of urea groups is 1. The highest BCUT2D eigenvalue weighted by Crippen LogP contribution is 2.35. The number of fused-ring (bicyclic) bond motifs is 1. The molecular weight excluding hydrogens is 393 g/mol. The SMILES string of the molecule is O=C(Nc1nccs1)N1CCOc2ccc(-c3cccc(C(F)(F)F)c3)nc21. The Morgan fingerprint density at radius 2 is 2.11 bits per heavy atom. The van der Waals surface area contributed by atoms with Crippen molar-refractivity contribution in [2.45, 2.75) is 6.18 Å². The molecule has 0 spiro atoms. The van der Waals surface area contributed by atoms with Gasteiger partial charge in [-0.3, -0.25) is 10.2 Å². The van der Waals surface area contributed by atoms with Crippen LogP contribution in [-0.2, 0) is 6.18 Å². The smallest absolute Gasteiger partial charge is 0.416 e. The van der Waals surface area contributed by atoms with Crippen molar-refractivity contribution in [2.24, 2.45) is 0 Å². The summed E-state index contributed by atoms with van der Waals surface area (Å²) in [5.41, 5.74) is -0.162. The Kier molecular flexibility index (Phi) is 4.63. The Hall–Kier alpha value is -3.14. The maximum absolute atomic E-state index is 13.0. The average molecular weight is 406 g/mol. The molecule has 0 aliphatic carbocycles. The Morgan fingerprint density at radius 1 is 1.25 bits per heavy atom. The lowest BCUT2D eigenvalue weighted by atomic mass is 10.1. The van der Waals surface area contributed by atoms with Crippen molar-refractivity contribution < 1.29 is 22.7 Å². The molecule has 1 N–H and O–H groups in total. The van der Waals surface area contributed by atoms with Gasteiger partial charge in [-0.2, -0.15) is 13.2 Å². The van der Waals surface area contributed by atoms with Crippen molar-refractivity contribution in [3.05, 3.63) is 53.5 Å². The number of ether oxygens (including phenoxy) is 1. The number of carbonyl (C=O) groups excluding carboxylic acids is 1. The standard InChI is InChI=1S/C18H13F3N4O2S/c19-18(20,21)12-3-1-2-11(10-12)13-4-5-14-15(23-13)25(7-8-27-14)17(26)24-16-22-6-9-28-16/h1-6,9-10H,7-8H2,(H,22,24,26). The number of hydrogen-bond donors (Lipinski definition) is 1. The first kappa shape index (κ1) is 18.2. The molecule has 0 atom stereocenters. The second-order valence-electron chi connectivity index (χ2n) is 5.86. The van der Waals surface area contributed by atoms with Gasteiger partial charge in [0.15, 0.2) is 16.7 Å². The second-order valence-corrected chi connectivity index (χ2v) is 6.76. The van der Waals surface area contributed by atoms with E-state index in [0.717, 1.165) is 12.1 Å². The zero-order valence-electron chi connectivity index (χ0n) is 14.2. The summed E-state index contributed by atoms with van der Waals surface area (Å²) in [4.78, 5) is 22.4. The minimum absolute atomic E-state index is 0.246. The predicted molar refractivity (Wildman–Crippen MR) is 98.6 cm³/mol. The first-order valence-electron chi connectivity index (χ1n) is 8.21. The van der Waals surface area contributed by atoms with E-state index in [1.165, 1.54) is 28.4 Å². The molecule has 28 heavy (non-hydrogen) atoms. The number of aromatic nitrogens is 2. The van der Waals surface area contributed by atoms with E-state index in [-0.39, 0.29) is 19.0 Å². The summed E-state index contributed by atoms with van der Waals surface area (Å²) < 4.78 is 44.5. The maximum atomic E-state index is 13.0. The zero-order valence-corrected chi connectivity index (χ0v) is 15.0. The molecule has 3 heterocycles. The van der Waals surface area contributed by atoms with Crippen LogP contribution in [0.25, 0.3) is 11.3 Å². The summed E-state index contributed by atoms with van der Waals surface area (Å²) in [6, 6.07) is 7.61. The molecule has 1 aliphatic heterocycles. The topological polar surface area (TPSA) is 67.4 Å². The normalized spacial score (nSPS) is 13.6. The lowest BCUT2D eigenvalue weighted by Crippen LogP contribution is -2.41. The highest BCUT2D eigenvalue weighted by Gasteiger charge is 2.31. The van der Waals surface area contributed by atoms with E-state index in [0.29, 0.717) is 22.1 Å². The number of alkyl halides is 3. The average Bonchev–Trinajstić information content (AvgIpc) is 3.19. The first-order chi connectivity index (χ1) is 13.4. The molecule has 10 heteroatoms. The Bertz CT molecular complexity index is 1010. The molecule has 3 aromatic rings. The first-order valence-corrected chi connectivity index (χ1v) is 9.09. The largest absolute Gasteiger partial charge is 0.488 e. The zero-order chi connectivity index (χ0) is 19.7. The van der Waals surface area contributed by atoms with Gasteiger partial charge in [-0.25, -0.2) is 14.8 Å². The van der Waals surface area contributed by atoms with Crippen molar-refractivity contribution >= 4 is 28.3 Å². The Morgan fingerprint density at radius 3 is 2.86 bits per heavy atom. The van der Waals surface area contributed by atoms with E-state index in [9.17, 15) is 18.0 Å². The van der Waals surface area contributed by atoms with Gasteiger partial charge in [-0.05, 0) is 24.3 Å². The fourth-order valence-electron chi connectivity index (χ4n) is 2.75. The van der Waals surface area contributed by atoms with Crippen LogP contribution in [0.15, 0.2) is 48.0 Å². The minimum Gasteiger partial charge on any atom is -0.488 e. The third-order valence-electron chi connectivity index (χ3n) is 4.04. The van der Waals surface area contributed by atoms with Crippen LogP contribution in [-0.4, -0.2) is 29.2 Å². The van der Waals surface area contributed by atoms with E-state index >= 15 is 0 Å². The molecule has 0 bridgehead atoms. The summed E-state index contributed by atoms with van der Waals surface area (Å²) in [5.74, 6) is 0.631. The van der Waals surface area contributed by atoms with Crippen LogP contribution < -0.4 is 15.0 Å². The highest BCUT2D eigenvalue weighted by molar-refractivity contribution is 7.13. The van der Waals surface area contributed by atoms with Gasteiger partial charge < -0.3 is 4.74 Å². The number of nitrogens with zero attached hydrogens (tertiary/aromatic N) is 3. The Labute approximate surface area is 161 Å². The van der Waals surface area contributed by atoms with Crippen molar-refractivity contribution in [3.8, 4) is 17.0 Å². The molecule has 0 unspecified atom stereocenters. The molecule has 0 saturated heterocycles. The van der Waals surface area contributed by atoms with Gasteiger partial charge in [0.25, 0.3) is 0 Å². The fourth-order valence-corrected chi connectivity index (χ4v) is 3.27. The molecule has 2 amide bonds. The van der Waals surface area contributed by atoms with Gasteiger partial charge in [0.1, 0.15) is 6.61 Å². The number of hydrogen-bond acceptors (Lipinski definition) is 5. The van der Waals surface area contributed by atoms with Crippen molar-refractivity contribution in [1.82, 2.24) is 9.97 Å². The third-order valence-corrected chi connectivity index (χ3v) is 4.73. The fraction of sp³-hybridized carbons (Fsp3) is 0.167. The molecule has 0 fully saturated rings. The summed E-state index contributed by atoms with van der Waals surface area (Å²) in [6.07, 6.45) is -2.88. The number of rotatable bonds is 2. The van der Waals surface area contributed by atoms with Gasteiger partial charge in [0.05, 0.1) is 17.8 Å². The van der Waals surface area contributed by atoms with E-state index in [1.807, 2.05) is 0 Å². The summed E-state index contributed by atoms with van der Waals surface area (Å²) in [5, 5.41) is 4.84. The van der Waals surface area contributed by atoms with E-state index < -0.39 is 17.8 Å². The molecule has 0 radical (unpaired) electrons. The van der Waals surface area contributed by atoms with Crippen molar-refractivity contribution in [2.75, 3.05) is 23.4 Å². The van der Waals surface area contributed by atoms with Crippen LogP contribution in [0.2, 0.25) is 0 Å². The van der Waals surface area contributed by atoms with Gasteiger partial charge in [0, 0.05) is 17.1 Å². The number of benzene rings is 1.